The molecule has 1 aliphatic carbocycles. The molecule has 3 rings (SSSR count). The van der Waals surface area contributed by atoms with Gasteiger partial charge in [-0.05, 0) is 36.5 Å². The number of anilines is 1. The molecular weight excluding hydrogens is 264 g/mol. The SMILES string of the molecule is COc1ccc(NC(=O)[C@H]2CCCc3ccccc32)cn1. The summed E-state index contributed by atoms with van der Waals surface area (Å²) in [7, 11) is 1.57. The molecule has 4 nitrogen and oxygen atoms in total. The summed E-state index contributed by atoms with van der Waals surface area (Å²) in [5.41, 5.74) is 3.14. The first kappa shape index (κ1) is 13.6. The molecule has 1 amide bonds. The lowest BCUT2D eigenvalue weighted by atomic mass is 9.82. The van der Waals surface area contributed by atoms with Gasteiger partial charge in [-0.3, -0.25) is 4.79 Å². The van der Waals surface area contributed by atoms with Gasteiger partial charge in [0.2, 0.25) is 11.8 Å². The number of amides is 1. The van der Waals surface area contributed by atoms with Crippen LogP contribution in [0.2, 0.25) is 0 Å². The smallest absolute Gasteiger partial charge is 0.231 e. The van der Waals surface area contributed by atoms with Gasteiger partial charge < -0.3 is 10.1 Å². The molecule has 0 aliphatic heterocycles. The maximum Gasteiger partial charge on any atom is 0.231 e. The summed E-state index contributed by atoms with van der Waals surface area (Å²) in [5.74, 6) is 0.502. The van der Waals surface area contributed by atoms with Gasteiger partial charge in [-0.25, -0.2) is 4.98 Å². The number of aromatic nitrogens is 1. The van der Waals surface area contributed by atoms with Crippen LogP contribution in [0.1, 0.15) is 29.9 Å². The Morgan fingerprint density at radius 1 is 1.29 bits per heavy atom. The molecule has 2 aromatic rings. The molecule has 0 spiro atoms. The van der Waals surface area contributed by atoms with Gasteiger partial charge in [0, 0.05) is 6.07 Å². The lowest BCUT2D eigenvalue weighted by molar-refractivity contribution is -0.117. The van der Waals surface area contributed by atoms with E-state index in [0.29, 0.717) is 11.6 Å². The maximum absolute atomic E-state index is 12.5. The van der Waals surface area contributed by atoms with E-state index >= 15 is 0 Å². The van der Waals surface area contributed by atoms with Crippen LogP contribution in [0.25, 0.3) is 0 Å². The molecule has 1 aromatic carbocycles. The van der Waals surface area contributed by atoms with Crippen LogP contribution in [-0.2, 0) is 11.2 Å². The Bertz CT molecular complexity index is 637. The van der Waals surface area contributed by atoms with Gasteiger partial charge in [-0.2, -0.15) is 0 Å². The van der Waals surface area contributed by atoms with Crippen LogP contribution >= 0.6 is 0 Å². The molecule has 4 heteroatoms. The van der Waals surface area contributed by atoms with Crippen molar-refractivity contribution >= 4 is 11.6 Å². The number of benzene rings is 1. The number of nitrogens with zero attached hydrogens (tertiary/aromatic N) is 1. The van der Waals surface area contributed by atoms with E-state index in [1.165, 1.54) is 5.56 Å². The van der Waals surface area contributed by atoms with Crippen LogP contribution in [0.3, 0.4) is 0 Å². The average Bonchev–Trinajstić information content (AvgIpc) is 2.55. The van der Waals surface area contributed by atoms with E-state index in [1.54, 1.807) is 25.4 Å². The minimum atomic E-state index is -0.0722. The highest BCUT2D eigenvalue weighted by Crippen LogP contribution is 2.32. The van der Waals surface area contributed by atoms with Crippen LogP contribution < -0.4 is 10.1 Å². The molecular formula is C17H18N2O2. The largest absolute Gasteiger partial charge is 0.481 e. The van der Waals surface area contributed by atoms with E-state index in [4.69, 9.17) is 4.74 Å². The van der Waals surface area contributed by atoms with Crippen molar-refractivity contribution in [3.05, 3.63) is 53.7 Å². The summed E-state index contributed by atoms with van der Waals surface area (Å²) in [6, 6.07) is 11.8. The van der Waals surface area contributed by atoms with E-state index < -0.39 is 0 Å². The fourth-order valence-corrected chi connectivity index (χ4v) is 2.83. The van der Waals surface area contributed by atoms with Crippen molar-refractivity contribution in [2.45, 2.75) is 25.2 Å². The molecule has 1 N–H and O–H groups in total. The van der Waals surface area contributed by atoms with Crippen LogP contribution in [0, 0.1) is 0 Å². The Kier molecular flexibility index (Phi) is 3.86. The Morgan fingerprint density at radius 2 is 2.14 bits per heavy atom. The van der Waals surface area contributed by atoms with Gasteiger partial charge in [-0.15, -0.1) is 0 Å². The first-order chi connectivity index (χ1) is 10.3. The lowest BCUT2D eigenvalue weighted by Gasteiger charge is -2.24. The topological polar surface area (TPSA) is 51.2 Å². The van der Waals surface area contributed by atoms with Crippen LogP contribution in [0.15, 0.2) is 42.6 Å². The molecule has 1 aliphatic rings. The van der Waals surface area contributed by atoms with E-state index in [-0.39, 0.29) is 11.8 Å². The van der Waals surface area contributed by atoms with Crippen LogP contribution in [0.4, 0.5) is 5.69 Å². The predicted octanol–water partition coefficient (Wildman–Crippen LogP) is 3.15. The first-order valence-corrected chi connectivity index (χ1v) is 7.16. The van der Waals surface area contributed by atoms with Gasteiger partial charge >= 0.3 is 0 Å². The molecule has 1 heterocycles. The molecule has 0 fully saturated rings. The number of hydrogen-bond donors (Lipinski definition) is 1. The summed E-state index contributed by atoms with van der Waals surface area (Å²) in [6.07, 6.45) is 4.62. The fraction of sp³-hybridized carbons (Fsp3) is 0.294. The quantitative estimate of drug-likeness (QED) is 0.941. The standard InChI is InChI=1S/C17H18N2O2/c1-21-16-10-9-13(11-18-16)19-17(20)15-8-4-6-12-5-2-3-7-14(12)15/h2-3,5,7,9-11,15H,4,6,8H2,1H3,(H,19,20)/t15-/m0/s1. The third kappa shape index (κ3) is 2.89. The second-order valence-electron chi connectivity index (χ2n) is 5.22. The second kappa shape index (κ2) is 5.95. The van der Waals surface area contributed by atoms with Gasteiger partial charge in [0.1, 0.15) is 0 Å². The number of nitrogens with one attached hydrogen (secondary N) is 1. The number of pyridine rings is 1. The number of methoxy groups -OCH3 is 1. The Morgan fingerprint density at radius 3 is 2.90 bits per heavy atom. The van der Waals surface area contributed by atoms with Crippen molar-refractivity contribution in [1.82, 2.24) is 4.98 Å². The minimum Gasteiger partial charge on any atom is -0.481 e. The van der Waals surface area contributed by atoms with E-state index in [0.717, 1.165) is 24.8 Å². The number of fused-ring (bicyclic) bond motifs is 1. The number of ether oxygens (including phenoxy) is 1. The molecule has 0 saturated heterocycles. The third-order valence-corrected chi connectivity index (χ3v) is 3.90. The fourth-order valence-electron chi connectivity index (χ4n) is 2.83. The number of carbonyl (C=O) groups excluding carboxylic acids is 1. The second-order valence-corrected chi connectivity index (χ2v) is 5.22. The molecule has 0 radical (unpaired) electrons. The van der Waals surface area contributed by atoms with Crippen molar-refractivity contribution in [3.8, 4) is 5.88 Å². The molecule has 108 valence electrons. The van der Waals surface area contributed by atoms with Gasteiger partial charge in [0.25, 0.3) is 0 Å². The zero-order valence-corrected chi connectivity index (χ0v) is 12.0. The summed E-state index contributed by atoms with van der Waals surface area (Å²) in [4.78, 5) is 16.6. The summed E-state index contributed by atoms with van der Waals surface area (Å²) in [5, 5.41) is 2.95. The van der Waals surface area contributed by atoms with Gasteiger partial charge in [0.05, 0.1) is 24.9 Å². The summed E-state index contributed by atoms with van der Waals surface area (Å²) < 4.78 is 5.01. The molecule has 21 heavy (non-hydrogen) atoms. The van der Waals surface area contributed by atoms with Crippen molar-refractivity contribution in [2.24, 2.45) is 0 Å². The Hall–Kier alpha value is -2.36. The highest BCUT2D eigenvalue weighted by Gasteiger charge is 2.26. The number of rotatable bonds is 3. The average molecular weight is 282 g/mol. The highest BCUT2D eigenvalue weighted by molar-refractivity contribution is 5.96. The maximum atomic E-state index is 12.5. The van der Waals surface area contributed by atoms with Crippen molar-refractivity contribution in [2.75, 3.05) is 12.4 Å². The van der Waals surface area contributed by atoms with Crippen LogP contribution in [-0.4, -0.2) is 18.0 Å². The molecule has 0 unspecified atom stereocenters. The third-order valence-electron chi connectivity index (χ3n) is 3.90. The highest BCUT2D eigenvalue weighted by atomic mass is 16.5. The normalized spacial score (nSPS) is 16.9. The zero-order chi connectivity index (χ0) is 14.7. The molecule has 0 bridgehead atoms. The summed E-state index contributed by atoms with van der Waals surface area (Å²) >= 11 is 0. The van der Waals surface area contributed by atoms with Crippen molar-refractivity contribution in [1.29, 1.82) is 0 Å². The van der Waals surface area contributed by atoms with Crippen LogP contribution in [0.5, 0.6) is 5.88 Å². The first-order valence-electron chi connectivity index (χ1n) is 7.16. The van der Waals surface area contributed by atoms with Gasteiger partial charge in [0.15, 0.2) is 0 Å². The molecule has 1 aromatic heterocycles. The zero-order valence-electron chi connectivity index (χ0n) is 12.0. The van der Waals surface area contributed by atoms with Crippen molar-refractivity contribution < 1.29 is 9.53 Å². The van der Waals surface area contributed by atoms with E-state index in [9.17, 15) is 4.79 Å². The van der Waals surface area contributed by atoms with Gasteiger partial charge in [-0.1, -0.05) is 24.3 Å². The monoisotopic (exact) mass is 282 g/mol. The molecule has 1 atom stereocenters. The molecule has 0 saturated carbocycles. The number of aryl methyl sites for hydroxylation is 1. The number of hydrogen-bond acceptors (Lipinski definition) is 3. The van der Waals surface area contributed by atoms with Crippen molar-refractivity contribution in [3.63, 3.8) is 0 Å². The predicted molar refractivity (Wildman–Crippen MR) is 81.5 cm³/mol. The Balaban J connectivity index is 1.76. The van der Waals surface area contributed by atoms with E-state index in [1.807, 2.05) is 12.1 Å². The lowest BCUT2D eigenvalue weighted by Crippen LogP contribution is -2.24. The Labute approximate surface area is 124 Å². The van der Waals surface area contributed by atoms with E-state index in [2.05, 4.69) is 22.4 Å². The minimum absolute atomic E-state index is 0.0362. The number of carbonyl (C=O) groups is 1. The summed E-state index contributed by atoms with van der Waals surface area (Å²) in [6.45, 7) is 0.